The number of thiocarbonyl (C=S) groups is 1. The van der Waals surface area contributed by atoms with Crippen LogP contribution in [0, 0.1) is 5.82 Å². The molecule has 0 spiro atoms. The predicted molar refractivity (Wildman–Crippen MR) is 90.6 cm³/mol. The molecule has 2 nitrogen and oxygen atoms in total. The first-order valence-electron chi connectivity index (χ1n) is 6.86. The quantitative estimate of drug-likeness (QED) is 0.543. The summed E-state index contributed by atoms with van der Waals surface area (Å²) in [7, 11) is 0. The lowest BCUT2D eigenvalue weighted by Gasteiger charge is -2.18. The molecule has 0 fully saturated rings. The number of rotatable bonds is 3. The van der Waals surface area contributed by atoms with Gasteiger partial charge in [-0.1, -0.05) is 23.7 Å². The van der Waals surface area contributed by atoms with E-state index in [4.69, 9.17) is 23.8 Å². The van der Waals surface area contributed by atoms with Crippen molar-refractivity contribution in [3.63, 3.8) is 0 Å². The van der Waals surface area contributed by atoms with Crippen LogP contribution in [-0.2, 0) is 6.18 Å². The molecule has 0 saturated heterocycles. The van der Waals surface area contributed by atoms with Crippen LogP contribution >= 0.6 is 23.8 Å². The van der Waals surface area contributed by atoms with Crippen LogP contribution < -0.4 is 10.6 Å². The number of benzene rings is 2. The molecule has 0 amide bonds. The fraction of sp³-hybridized carbons (Fsp3) is 0.188. The van der Waals surface area contributed by atoms with Crippen molar-refractivity contribution < 1.29 is 17.6 Å². The summed E-state index contributed by atoms with van der Waals surface area (Å²) in [5.41, 5.74) is 0.00622. The molecular weight excluding hydrogens is 364 g/mol. The first-order chi connectivity index (χ1) is 11.2. The minimum atomic E-state index is -4.55. The molecule has 0 aliphatic heterocycles. The van der Waals surface area contributed by atoms with Crippen LogP contribution in [0.1, 0.15) is 24.1 Å². The summed E-state index contributed by atoms with van der Waals surface area (Å²) >= 11 is 10.7. The molecule has 0 aromatic heterocycles. The molecule has 1 atom stereocenters. The third-order valence-corrected chi connectivity index (χ3v) is 3.80. The first kappa shape index (κ1) is 18.5. The van der Waals surface area contributed by atoms with Crippen LogP contribution in [0.3, 0.4) is 0 Å². The second kappa shape index (κ2) is 7.36. The molecule has 2 rings (SSSR count). The van der Waals surface area contributed by atoms with Gasteiger partial charge in [0.05, 0.1) is 16.6 Å². The highest BCUT2D eigenvalue weighted by Gasteiger charge is 2.33. The summed E-state index contributed by atoms with van der Waals surface area (Å²) in [5, 5.41) is 5.36. The Morgan fingerprint density at radius 3 is 2.33 bits per heavy atom. The summed E-state index contributed by atoms with van der Waals surface area (Å²) in [5.74, 6) is -0.354. The maximum absolute atomic E-state index is 12.9. The molecule has 0 unspecified atom stereocenters. The van der Waals surface area contributed by atoms with Crippen molar-refractivity contribution in [3.8, 4) is 0 Å². The van der Waals surface area contributed by atoms with Gasteiger partial charge in [-0.3, -0.25) is 0 Å². The number of hydrogen-bond acceptors (Lipinski definition) is 1. The monoisotopic (exact) mass is 376 g/mol. The molecule has 0 aliphatic rings. The van der Waals surface area contributed by atoms with Crippen LogP contribution in [0.4, 0.5) is 23.2 Å². The molecule has 2 aromatic carbocycles. The molecule has 0 radical (unpaired) electrons. The minimum absolute atomic E-state index is 0.141. The molecule has 2 N–H and O–H groups in total. The van der Waals surface area contributed by atoms with Gasteiger partial charge in [0.1, 0.15) is 5.82 Å². The van der Waals surface area contributed by atoms with E-state index >= 15 is 0 Å². The topological polar surface area (TPSA) is 24.1 Å². The van der Waals surface area contributed by atoms with E-state index in [9.17, 15) is 17.6 Å². The van der Waals surface area contributed by atoms with Gasteiger partial charge in [-0.25, -0.2) is 4.39 Å². The van der Waals surface area contributed by atoms with E-state index in [1.54, 1.807) is 19.1 Å². The lowest BCUT2D eigenvalue weighted by Crippen LogP contribution is -2.31. The normalized spacial score (nSPS) is 12.6. The Kier molecular flexibility index (Phi) is 5.66. The van der Waals surface area contributed by atoms with Crippen molar-refractivity contribution in [2.75, 3.05) is 5.32 Å². The number of anilines is 1. The maximum atomic E-state index is 12.9. The highest BCUT2D eigenvalue weighted by atomic mass is 35.5. The maximum Gasteiger partial charge on any atom is 0.417 e. The first-order valence-corrected chi connectivity index (χ1v) is 7.65. The van der Waals surface area contributed by atoms with Crippen molar-refractivity contribution in [1.29, 1.82) is 0 Å². The average Bonchev–Trinajstić information content (AvgIpc) is 2.48. The zero-order valence-electron chi connectivity index (χ0n) is 12.4. The van der Waals surface area contributed by atoms with Crippen molar-refractivity contribution >= 4 is 34.6 Å². The van der Waals surface area contributed by atoms with Crippen molar-refractivity contribution in [2.45, 2.75) is 19.1 Å². The molecule has 0 saturated carbocycles. The smallest absolute Gasteiger partial charge is 0.356 e. The van der Waals surface area contributed by atoms with Gasteiger partial charge in [-0.05, 0) is 55.0 Å². The van der Waals surface area contributed by atoms with Crippen LogP contribution in [0.2, 0.25) is 5.02 Å². The Morgan fingerprint density at radius 1 is 1.12 bits per heavy atom. The van der Waals surface area contributed by atoms with E-state index in [-0.39, 0.29) is 27.7 Å². The zero-order chi connectivity index (χ0) is 17.9. The average molecular weight is 377 g/mol. The molecule has 0 heterocycles. The Labute approximate surface area is 146 Å². The van der Waals surface area contributed by atoms with Crippen LogP contribution in [0.25, 0.3) is 0 Å². The van der Waals surface area contributed by atoms with Gasteiger partial charge in [0.2, 0.25) is 0 Å². The standard InChI is InChI=1S/C16H13ClF4N2S/c1-9(10-2-4-11(18)5-3-10)22-15(24)23-12-6-7-14(17)13(8-12)16(19,20)21/h2-9H,1H3,(H2,22,23,24)/t9-/m1/s1. The number of hydrogen-bond donors (Lipinski definition) is 2. The lowest BCUT2D eigenvalue weighted by molar-refractivity contribution is -0.137. The second-order valence-electron chi connectivity index (χ2n) is 5.06. The van der Waals surface area contributed by atoms with Gasteiger partial charge in [-0.15, -0.1) is 0 Å². The summed E-state index contributed by atoms with van der Waals surface area (Å²) in [4.78, 5) is 0. The van der Waals surface area contributed by atoms with Gasteiger partial charge in [-0.2, -0.15) is 13.2 Å². The highest BCUT2D eigenvalue weighted by Crippen LogP contribution is 2.36. The Hall–Kier alpha value is -1.86. The molecule has 128 valence electrons. The Bertz CT molecular complexity index is 732. The van der Waals surface area contributed by atoms with Crippen LogP contribution in [0.5, 0.6) is 0 Å². The summed E-state index contributed by atoms with van der Waals surface area (Å²) in [6.07, 6.45) is -4.55. The molecule has 8 heteroatoms. The van der Waals surface area contributed by atoms with Gasteiger partial charge in [0.15, 0.2) is 5.11 Å². The van der Waals surface area contributed by atoms with Crippen LogP contribution in [0.15, 0.2) is 42.5 Å². The molecule has 24 heavy (non-hydrogen) atoms. The highest BCUT2D eigenvalue weighted by molar-refractivity contribution is 7.80. The second-order valence-corrected chi connectivity index (χ2v) is 5.88. The molecule has 0 aliphatic carbocycles. The van der Waals surface area contributed by atoms with E-state index in [0.29, 0.717) is 0 Å². The van der Waals surface area contributed by atoms with Gasteiger partial charge < -0.3 is 10.6 Å². The van der Waals surface area contributed by atoms with Crippen LogP contribution in [-0.4, -0.2) is 5.11 Å². The summed E-state index contributed by atoms with van der Waals surface area (Å²) in [6.45, 7) is 1.80. The van der Waals surface area contributed by atoms with E-state index in [1.165, 1.54) is 18.2 Å². The van der Waals surface area contributed by atoms with Gasteiger partial charge >= 0.3 is 6.18 Å². The van der Waals surface area contributed by atoms with E-state index < -0.39 is 11.7 Å². The van der Waals surface area contributed by atoms with Crippen molar-refractivity contribution in [1.82, 2.24) is 5.32 Å². The van der Waals surface area contributed by atoms with E-state index in [2.05, 4.69) is 10.6 Å². The van der Waals surface area contributed by atoms with E-state index in [1.807, 2.05) is 0 Å². The largest absolute Gasteiger partial charge is 0.417 e. The van der Waals surface area contributed by atoms with Crippen molar-refractivity contribution in [2.24, 2.45) is 0 Å². The zero-order valence-corrected chi connectivity index (χ0v) is 14.0. The minimum Gasteiger partial charge on any atom is -0.356 e. The fourth-order valence-corrected chi connectivity index (χ4v) is 2.54. The lowest BCUT2D eigenvalue weighted by atomic mass is 10.1. The number of nitrogens with one attached hydrogen (secondary N) is 2. The van der Waals surface area contributed by atoms with Gasteiger partial charge in [0.25, 0.3) is 0 Å². The third-order valence-electron chi connectivity index (χ3n) is 3.25. The fourth-order valence-electron chi connectivity index (χ4n) is 2.02. The summed E-state index contributed by atoms with van der Waals surface area (Å²) < 4.78 is 51.4. The summed E-state index contributed by atoms with van der Waals surface area (Å²) in [6, 6.07) is 9.02. The Morgan fingerprint density at radius 2 is 1.75 bits per heavy atom. The predicted octanol–water partition coefficient (Wildman–Crippen LogP) is 5.55. The SMILES string of the molecule is C[C@@H](NC(=S)Nc1ccc(Cl)c(C(F)(F)F)c1)c1ccc(F)cc1. The Balaban J connectivity index is 2.06. The number of halogens is 5. The molecular formula is C16H13ClF4N2S. The number of alkyl halides is 3. The van der Waals surface area contributed by atoms with Crippen molar-refractivity contribution in [3.05, 3.63) is 64.4 Å². The van der Waals surface area contributed by atoms with Gasteiger partial charge in [0, 0.05) is 5.69 Å². The molecule has 0 bridgehead atoms. The molecule has 2 aromatic rings. The van der Waals surface area contributed by atoms with E-state index in [0.717, 1.165) is 17.7 Å². The third kappa shape index (κ3) is 4.82.